The number of allylic oxidation sites excluding steroid dienone is 1. The Kier molecular flexibility index (Phi) is 16.2. The maximum Gasteiger partial charge on any atom is 0.337 e. The van der Waals surface area contributed by atoms with E-state index in [9.17, 15) is 38.7 Å². The first-order valence-corrected chi connectivity index (χ1v) is 27.2. The van der Waals surface area contributed by atoms with Gasteiger partial charge in [0.1, 0.15) is 31.0 Å². The molecule has 17 heteroatoms. The number of aliphatic hydroxyl groups excluding tert-OH is 1. The van der Waals surface area contributed by atoms with E-state index in [1.54, 1.807) is 12.2 Å². The summed E-state index contributed by atoms with van der Waals surface area (Å²) in [4.78, 5) is 88.0. The van der Waals surface area contributed by atoms with Crippen molar-refractivity contribution in [1.82, 2.24) is 26.6 Å². The number of carbonyl (C=O) groups excluding carboxylic acids is 7. The zero-order valence-electron chi connectivity index (χ0n) is 41.2. The van der Waals surface area contributed by atoms with Crippen LogP contribution in [-0.4, -0.2) is 120 Å². The molecule has 0 bridgehead atoms. The molecule has 382 valence electrons. The highest BCUT2D eigenvalue weighted by Gasteiger charge is 2.80. The number of esters is 2. The molecule has 69 heavy (non-hydrogen) atoms. The summed E-state index contributed by atoms with van der Waals surface area (Å²) < 4.78 is 17.8. The smallest absolute Gasteiger partial charge is 0.337 e. The highest BCUT2D eigenvalue weighted by molar-refractivity contribution is 8.00. The average molecular weight is 980 g/mol. The minimum atomic E-state index is -0.782. The van der Waals surface area contributed by atoms with Gasteiger partial charge in [0.15, 0.2) is 5.78 Å². The molecule has 8 aliphatic rings. The first-order chi connectivity index (χ1) is 33.1. The number of epoxide rings is 1. The summed E-state index contributed by atoms with van der Waals surface area (Å²) in [6, 6.07) is 0.349. The molecule has 4 aliphatic heterocycles. The van der Waals surface area contributed by atoms with Gasteiger partial charge in [-0.3, -0.25) is 24.0 Å². The van der Waals surface area contributed by atoms with Crippen LogP contribution in [0.1, 0.15) is 143 Å². The molecule has 5 amide bonds. The van der Waals surface area contributed by atoms with Gasteiger partial charge >= 0.3 is 18.0 Å². The van der Waals surface area contributed by atoms with Gasteiger partial charge in [-0.15, -0.1) is 0 Å². The normalized spacial score (nSPS) is 36.4. The molecule has 16 nitrogen and oxygen atoms in total. The second-order valence-corrected chi connectivity index (χ2v) is 23.3. The second-order valence-electron chi connectivity index (χ2n) is 22.0. The quantitative estimate of drug-likeness (QED) is 0.0340. The number of ketones is 1. The molecule has 4 aliphatic carbocycles. The Labute approximate surface area is 411 Å². The van der Waals surface area contributed by atoms with Gasteiger partial charge in [0.25, 0.3) is 0 Å². The third kappa shape index (κ3) is 10.7. The van der Waals surface area contributed by atoms with E-state index in [-0.39, 0.29) is 90.7 Å². The predicted molar refractivity (Wildman–Crippen MR) is 258 cm³/mol. The highest BCUT2D eigenvalue weighted by Crippen LogP contribution is 2.73. The summed E-state index contributed by atoms with van der Waals surface area (Å²) in [5, 5.41) is 25.9. The highest BCUT2D eigenvalue weighted by atomic mass is 32.2. The van der Waals surface area contributed by atoms with Crippen LogP contribution in [0.5, 0.6) is 0 Å². The number of rotatable bonds is 23. The third-order valence-electron chi connectivity index (χ3n) is 18.1. The Morgan fingerprint density at radius 2 is 1.57 bits per heavy atom. The average Bonchev–Trinajstić information content (AvgIpc) is 3.53. The molecule has 0 aromatic heterocycles. The Hall–Kier alpha value is -3.96. The lowest BCUT2D eigenvalue weighted by atomic mass is 9.44. The molecule has 0 aromatic rings. The molecular formula is C52H77N5O11S. The van der Waals surface area contributed by atoms with Crippen LogP contribution in [0.2, 0.25) is 0 Å². The summed E-state index contributed by atoms with van der Waals surface area (Å²) in [6.07, 6.45) is 15.9. The van der Waals surface area contributed by atoms with Crippen molar-refractivity contribution >= 4 is 53.2 Å². The van der Waals surface area contributed by atoms with Crippen LogP contribution in [0.15, 0.2) is 23.3 Å². The van der Waals surface area contributed by atoms with Crippen molar-refractivity contribution in [2.24, 2.45) is 40.4 Å². The molecule has 3 saturated heterocycles. The summed E-state index contributed by atoms with van der Waals surface area (Å²) in [5.74, 6) is 1.07. The number of nitrogens with one attached hydrogen (secondary N) is 5. The van der Waals surface area contributed by atoms with E-state index in [2.05, 4.69) is 40.4 Å². The van der Waals surface area contributed by atoms with E-state index in [0.29, 0.717) is 67.3 Å². The van der Waals surface area contributed by atoms with Crippen LogP contribution in [0.4, 0.5) is 4.79 Å². The Balaban J connectivity index is 0.639. The van der Waals surface area contributed by atoms with Gasteiger partial charge in [0, 0.05) is 49.8 Å². The standard InChI is InChI=1S/C52H77N5O11S/c1-30-25-38(31(2)34-17-18-35-32-26-42-52(68-42)41(59)20-19-40(58)51(52,4)36(32)21-22-50(34,35)3)67-48(64)33(30)28-66-46(63)27-55-45(62)15-8-6-12-23-53-43(60)14-7-5-11-24-54-44(61)16-10-9-13-39-47-37(29-69-39)56-49(65)57-47/h19-20,31-32,34-39,41-42,47,59H,5-18,21-29H2,1-4H3,(H,53,60)(H,54,61)(H,55,62)(H2,56,57,65)/t31-,32-,34+,35-,36-,37?,38?,39-,41-,42+,47?,50+,51-,52+/m0/s1. The summed E-state index contributed by atoms with van der Waals surface area (Å²) >= 11 is 1.89. The molecule has 1 spiro atoms. The number of carbonyl (C=O) groups is 7. The zero-order chi connectivity index (χ0) is 49.1. The molecular weight excluding hydrogens is 903 g/mol. The van der Waals surface area contributed by atoms with Gasteiger partial charge in [-0.2, -0.15) is 11.8 Å². The molecule has 0 radical (unpaired) electrons. The lowest BCUT2D eigenvalue weighted by Crippen LogP contribution is -2.63. The lowest BCUT2D eigenvalue weighted by Gasteiger charge is -2.58. The number of ether oxygens (including phenoxy) is 3. The minimum absolute atomic E-state index is 0.00774. The molecule has 14 atom stereocenters. The number of amides is 5. The van der Waals surface area contributed by atoms with E-state index in [4.69, 9.17) is 14.2 Å². The molecule has 4 heterocycles. The van der Waals surface area contributed by atoms with Gasteiger partial charge in [0.05, 0.1) is 29.2 Å². The molecule has 8 rings (SSSR count). The summed E-state index contributed by atoms with van der Waals surface area (Å²) in [7, 11) is 0. The molecule has 3 unspecified atom stereocenters. The Morgan fingerprint density at radius 3 is 2.26 bits per heavy atom. The van der Waals surface area contributed by atoms with Crippen LogP contribution in [-0.2, 0) is 43.0 Å². The van der Waals surface area contributed by atoms with Crippen LogP contribution in [0.25, 0.3) is 0 Å². The van der Waals surface area contributed by atoms with E-state index in [0.717, 1.165) is 94.8 Å². The van der Waals surface area contributed by atoms with E-state index in [1.165, 1.54) is 0 Å². The van der Waals surface area contributed by atoms with E-state index >= 15 is 0 Å². The molecule has 6 fully saturated rings. The van der Waals surface area contributed by atoms with Crippen LogP contribution in [0.3, 0.4) is 0 Å². The molecule has 6 N–H and O–H groups in total. The first-order valence-electron chi connectivity index (χ1n) is 26.2. The Morgan fingerprint density at radius 1 is 0.884 bits per heavy atom. The lowest BCUT2D eigenvalue weighted by molar-refractivity contribution is -0.156. The fourth-order valence-electron chi connectivity index (χ4n) is 14.2. The number of aliphatic hydroxyl groups is 1. The van der Waals surface area contributed by atoms with Gasteiger partial charge < -0.3 is 45.9 Å². The third-order valence-corrected chi connectivity index (χ3v) is 19.6. The van der Waals surface area contributed by atoms with Gasteiger partial charge in [0.2, 0.25) is 17.7 Å². The fourth-order valence-corrected chi connectivity index (χ4v) is 15.8. The fraction of sp³-hybridized carbons (Fsp3) is 0.788. The van der Waals surface area contributed by atoms with Crippen LogP contribution >= 0.6 is 11.8 Å². The monoisotopic (exact) mass is 980 g/mol. The van der Waals surface area contributed by atoms with Gasteiger partial charge in [-0.05, 0) is 132 Å². The second kappa shape index (κ2) is 21.8. The van der Waals surface area contributed by atoms with Crippen molar-refractivity contribution < 1.29 is 52.9 Å². The minimum Gasteiger partial charge on any atom is -0.459 e. The number of hydrogen-bond acceptors (Lipinski definition) is 12. The van der Waals surface area contributed by atoms with Crippen LogP contribution < -0.4 is 26.6 Å². The van der Waals surface area contributed by atoms with Crippen molar-refractivity contribution in [1.29, 1.82) is 0 Å². The van der Waals surface area contributed by atoms with Gasteiger partial charge in [-0.25, -0.2) is 9.59 Å². The number of cyclic esters (lactones) is 1. The SMILES string of the molecule is CC1=C(COC(=O)CNC(=O)CCCCCNC(=O)CCCCCNC(=O)CCCC[C@@H]2SCC3NC(=O)NC32)C(=O)OC([C@@H](C)[C@H]2CC[C@H]3[C@@H]4C[C@H]5O[C@]56[C@@H](O)C=CC(=O)[C@]6(C)[C@H]4CC[C@]23C)C1. The van der Waals surface area contributed by atoms with Crippen molar-refractivity contribution in [2.75, 3.05) is 32.0 Å². The largest absolute Gasteiger partial charge is 0.459 e. The maximum absolute atomic E-state index is 13.5. The van der Waals surface area contributed by atoms with E-state index in [1.807, 2.05) is 25.6 Å². The van der Waals surface area contributed by atoms with Crippen molar-refractivity contribution in [3.8, 4) is 0 Å². The molecule has 3 saturated carbocycles. The number of unbranched alkanes of at least 4 members (excludes halogenated alkanes) is 5. The summed E-state index contributed by atoms with van der Waals surface area (Å²) in [6.45, 7) is 9.16. The summed E-state index contributed by atoms with van der Waals surface area (Å²) in [5.41, 5.74) is -0.285. The molecule has 0 aromatic carbocycles. The van der Waals surface area contributed by atoms with E-state index < -0.39 is 29.1 Å². The number of fused-ring (bicyclic) bond motifs is 5. The van der Waals surface area contributed by atoms with Crippen molar-refractivity contribution in [2.45, 2.75) is 185 Å². The number of hydrogen-bond donors (Lipinski definition) is 6. The predicted octanol–water partition coefficient (Wildman–Crippen LogP) is 5.10. The van der Waals surface area contributed by atoms with Gasteiger partial charge in [-0.1, -0.05) is 38.7 Å². The van der Waals surface area contributed by atoms with Crippen molar-refractivity contribution in [3.05, 3.63) is 23.3 Å². The number of urea groups is 1. The first kappa shape index (κ1) is 51.4. The zero-order valence-corrected chi connectivity index (χ0v) is 42.0. The maximum atomic E-state index is 13.5. The Bertz CT molecular complexity index is 2050. The van der Waals surface area contributed by atoms with Crippen LogP contribution in [0, 0.1) is 40.4 Å². The topological polar surface area (TPSA) is 231 Å². The number of thioether (sulfide) groups is 1. The van der Waals surface area contributed by atoms with Crippen molar-refractivity contribution in [3.63, 3.8) is 0 Å².